The summed E-state index contributed by atoms with van der Waals surface area (Å²) in [5.41, 5.74) is 2.21. The van der Waals surface area contributed by atoms with Gasteiger partial charge < -0.3 is 19.6 Å². The summed E-state index contributed by atoms with van der Waals surface area (Å²) in [7, 11) is 3.29. The van der Waals surface area contributed by atoms with Crippen LogP contribution in [0.4, 0.5) is 0 Å². The number of nitrogens with zero attached hydrogens (tertiary/aromatic N) is 2. The molecule has 4 rings (SSSR count). The summed E-state index contributed by atoms with van der Waals surface area (Å²) < 4.78 is 7.79. The third kappa shape index (κ3) is 3.94. The second-order valence-electron chi connectivity index (χ2n) is 7.64. The van der Waals surface area contributed by atoms with Crippen LogP contribution in [-0.4, -0.2) is 33.7 Å². The van der Waals surface area contributed by atoms with Gasteiger partial charge in [-0.1, -0.05) is 29.8 Å². The number of carbonyl (C=O) groups is 1. The topological polar surface area (TPSA) is 98.1 Å². The second kappa shape index (κ2) is 8.58. The third-order valence-electron chi connectivity index (χ3n) is 5.42. The van der Waals surface area contributed by atoms with Crippen LogP contribution in [0.3, 0.4) is 0 Å². The highest BCUT2D eigenvalue weighted by molar-refractivity contribution is 6.05. The Morgan fingerprint density at radius 1 is 1.06 bits per heavy atom. The summed E-state index contributed by atoms with van der Waals surface area (Å²) in [6, 6.07) is 14.7. The first-order chi connectivity index (χ1) is 15.4. The van der Waals surface area contributed by atoms with Crippen LogP contribution in [0.15, 0.2) is 64.3 Å². The summed E-state index contributed by atoms with van der Waals surface area (Å²) in [6.07, 6.45) is 2.20. The van der Waals surface area contributed by atoms with E-state index in [2.05, 4.69) is 10.3 Å². The predicted octanol–water partition coefficient (Wildman–Crippen LogP) is 2.31. The number of rotatable bonds is 6. The van der Waals surface area contributed by atoms with Crippen molar-refractivity contribution in [3.05, 3.63) is 92.3 Å². The maximum absolute atomic E-state index is 13.1. The molecule has 0 aliphatic heterocycles. The molecule has 0 radical (unpaired) electrons. The fourth-order valence-corrected chi connectivity index (χ4v) is 3.68. The molecule has 0 aliphatic rings. The highest BCUT2D eigenvalue weighted by atomic mass is 16.5. The monoisotopic (exact) mass is 432 g/mol. The number of methoxy groups -OCH3 is 1. The number of aryl methyl sites for hydroxylation is 2. The van der Waals surface area contributed by atoms with Gasteiger partial charge in [-0.3, -0.25) is 9.59 Å². The number of H-pyrrole nitrogens is 1. The normalized spacial score (nSPS) is 11.0. The lowest BCUT2D eigenvalue weighted by Crippen LogP contribution is -2.34. The van der Waals surface area contributed by atoms with Gasteiger partial charge in [-0.15, -0.1) is 0 Å². The molecule has 2 aromatic heterocycles. The summed E-state index contributed by atoms with van der Waals surface area (Å²) in [6.45, 7) is 2.34. The Kier molecular flexibility index (Phi) is 5.68. The quantitative estimate of drug-likeness (QED) is 0.489. The molecule has 2 aromatic carbocycles. The van der Waals surface area contributed by atoms with Crippen LogP contribution in [-0.2, 0) is 13.5 Å². The Hall–Kier alpha value is -4.07. The zero-order valence-electron chi connectivity index (χ0n) is 18.1. The number of fused-ring (bicyclic) bond motifs is 1. The van der Waals surface area contributed by atoms with Gasteiger partial charge in [-0.25, -0.2) is 9.36 Å². The van der Waals surface area contributed by atoms with E-state index in [1.54, 1.807) is 37.1 Å². The molecule has 32 heavy (non-hydrogen) atoms. The molecule has 2 N–H and O–H groups in total. The fraction of sp³-hybridized carbons (Fsp3) is 0.208. The van der Waals surface area contributed by atoms with Gasteiger partial charge in [0.15, 0.2) is 0 Å². The molecule has 0 saturated heterocycles. The first-order valence-corrected chi connectivity index (χ1v) is 10.2. The minimum absolute atomic E-state index is 0.229. The van der Waals surface area contributed by atoms with Crippen LogP contribution in [0.5, 0.6) is 5.75 Å². The maximum atomic E-state index is 13.1. The largest absolute Gasteiger partial charge is 0.497 e. The van der Waals surface area contributed by atoms with E-state index in [9.17, 15) is 14.4 Å². The number of benzene rings is 2. The molecule has 0 unspecified atom stereocenters. The summed E-state index contributed by atoms with van der Waals surface area (Å²) in [5.74, 6) is 0.418. The van der Waals surface area contributed by atoms with E-state index in [0.29, 0.717) is 18.7 Å². The minimum atomic E-state index is -0.593. The molecule has 8 nitrogen and oxygen atoms in total. The smallest absolute Gasteiger partial charge is 0.333 e. The van der Waals surface area contributed by atoms with Crippen molar-refractivity contribution in [2.45, 2.75) is 13.3 Å². The van der Waals surface area contributed by atoms with Gasteiger partial charge in [-0.2, -0.15) is 0 Å². The van der Waals surface area contributed by atoms with Gasteiger partial charge in [0.25, 0.3) is 11.5 Å². The molecule has 0 atom stereocenters. The minimum Gasteiger partial charge on any atom is -0.497 e. The first-order valence-electron chi connectivity index (χ1n) is 10.2. The standard InChI is InChI=1S/C24H24N4O4/c1-15-4-8-17(9-5-15)28-23(30)21-20(26-24(28)31)19(14-27(21)2)22(29)25-13-12-16-6-10-18(32-3)11-7-16/h4-11,14H,12-13H2,1-3H3,(H,25,29)(H,26,31). The molecule has 0 bridgehead atoms. The van der Waals surface area contributed by atoms with Crippen LogP contribution < -0.4 is 21.3 Å². The van der Waals surface area contributed by atoms with Crippen molar-refractivity contribution in [2.75, 3.05) is 13.7 Å². The lowest BCUT2D eigenvalue weighted by atomic mass is 10.1. The van der Waals surface area contributed by atoms with Crippen LogP contribution in [0, 0.1) is 6.92 Å². The molecule has 164 valence electrons. The Morgan fingerprint density at radius 3 is 2.41 bits per heavy atom. The van der Waals surface area contributed by atoms with Crippen LogP contribution in [0.2, 0.25) is 0 Å². The summed E-state index contributed by atoms with van der Waals surface area (Å²) >= 11 is 0. The highest BCUT2D eigenvalue weighted by Crippen LogP contribution is 2.16. The molecule has 2 heterocycles. The average Bonchev–Trinajstić information content (AvgIpc) is 3.11. The molecule has 0 fully saturated rings. The Balaban J connectivity index is 1.60. The second-order valence-corrected chi connectivity index (χ2v) is 7.64. The van der Waals surface area contributed by atoms with E-state index in [0.717, 1.165) is 21.4 Å². The Labute approximate surface area is 184 Å². The first kappa shape index (κ1) is 21.2. The van der Waals surface area contributed by atoms with Gasteiger partial charge in [0.1, 0.15) is 11.3 Å². The lowest BCUT2D eigenvalue weighted by Gasteiger charge is -2.07. The van der Waals surface area contributed by atoms with E-state index in [1.165, 1.54) is 0 Å². The van der Waals surface area contributed by atoms with Crippen molar-refractivity contribution in [3.63, 3.8) is 0 Å². The summed E-state index contributed by atoms with van der Waals surface area (Å²) in [4.78, 5) is 41.4. The van der Waals surface area contributed by atoms with Gasteiger partial charge in [0.2, 0.25) is 0 Å². The van der Waals surface area contributed by atoms with Crippen LogP contribution in [0.25, 0.3) is 16.7 Å². The van der Waals surface area contributed by atoms with E-state index >= 15 is 0 Å². The van der Waals surface area contributed by atoms with Gasteiger partial charge in [0.05, 0.1) is 23.9 Å². The lowest BCUT2D eigenvalue weighted by molar-refractivity contribution is 0.0955. The number of nitrogens with one attached hydrogen (secondary N) is 2. The van der Waals surface area contributed by atoms with E-state index in [-0.39, 0.29) is 22.5 Å². The Morgan fingerprint density at radius 2 is 1.75 bits per heavy atom. The fourth-order valence-electron chi connectivity index (χ4n) is 3.68. The maximum Gasteiger partial charge on any atom is 0.333 e. The molecular weight excluding hydrogens is 408 g/mol. The number of hydrogen-bond donors (Lipinski definition) is 2. The number of hydrogen-bond acceptors (Lipinski definition) is 4. The molecule has 0 spiro atoms. The van der Waals surface area contributed by atoms with Gasteiger partial charge in [-0.05, 0) is 43.2 Å². The van der Waals surface area contributed by atoms with Crippen molar-refractivity contribution >= 4 is 16.9 Å². The molecule has 0 saturated carbocycles. The van der Waals surface area contributed by atoms with Crippen LogP contribution >= 0.6 is 0 Å². The molecule has 4 aromatic rings. The van der Waals surface area contributed by atoms with Gasteiger partial charge in [0, 0.05) is 19.8 Å². The molecule has 1 amide bonds. The zero-order chi connectivity index (χ0) is 22.8. The number of aromatic amines is 1. The average molecular weight is 432 g/mol. The SMILES string of the molecule is COc1ccc(CCNC(=O)c2cn(C)c3c(=O)n(-c4ccc(C)cc4)c(=O)[nH]c23)cc1. The van der Waals surface area contributed by atoms with Crippen molar-refractivity contribution < 1.29 is 9.53 Å². The molecule has 0 aliphatic carbocycles. The van der Waals surface area contributed by atoms with Crippen molar-refractivity contribution in [3.8, 4) is 11.4 Å². The molecular formula is C24H24N4O4. The van der Waals surface area contributed by atoms with Crippen molar-refractivity contribution in [1.82, 2.24) is 19.4 Å². The Bertz CT molecular complexity index is 1390. The number of ether oxygens (including phenoxy) is 1. The number of aromatic nitrogens is 3. The summed E-state index contributed by atoms with van der Waals surface area (Å²) in [5, 5.41) is 2.86. The van der Waals surface area contributed by atoms with Crippen molar-refractivity contribution in [1.29, 1.82) is 0 Å². The van der Waals surface area contributed by atoms with Gasteiger partial charge >= 0.3 is 5.69 Å². The molecule has 8 heteroatoms. The van der Waals surface area contributed by atoms with E-state index < -0.39 is 11.2 Å². The highest BCUT2D eigenvalue weighted by Gasteiger charge is 2.20. The number of carbonyl (C=O) groups excluding carboxylic acids is 1. The predicted molar refractivity (Wildman–Crippen MR) is 123 cm³/mol. The zero-order valence-corrected chi connectivity index (χ0v) is 18.1. The van der Waals surface area contributed by atoms with Crippen molar-refractivity contribution in [2.24, 2.45) is 7.05 Å². The van der Waals surface area contributed by atoms with Crippen LogP contribution in [0.1, 0.15) is 21.5 Å². The number of amides is 1. The third-order valence-corrected chi connectivity index (χ3v) is 5.42. The van der Waals surface area contributed by atoms with E-state index in [4.69, 9.17) is 4.74 Å². The van der Waals surface area contributed by atoms with E-state index in [1.807, 2.05) is 43.3 Å².